The summed E-state index contributed by atoms with van der Waals surface area (Å²) in [4.78, 5) is 16.9. The Hall–Kier alpha value is -5.51. The van der Waals surface area contributed by atoms with Gasteiger partial charge in [-0.25, -0.2) is 0 Å². The van der Waals surface area contributed by atoms with Crippen molar-refractivity contribution in [1.82, 2.24) is 15.0 Å². The Labute approximate surface area is 238 Å². The van der Waals surface area contributed by atoms with Gasteiger partial charge in [-0.15, -0.1) is 0 Å². The maximum absolute atomic E-state index is 6.19. The van der Waals surface area contributed by atoms with E-state index in [9.17, 15) is 0 Å². The first kappa shape index (κ1) is 27.1. The lowest BCUT2D eigenvalue weighted by Gasteiger charge is -2.26. The van der Waals surface area contributed by atoms with Crippen LogP contribution < -0.4 is 34.5 Å². The third kappa shape index (κ3) is 8.24. The molecule has 0 saturated heterocycles. The molecule has 0 amide bonds. The molecule has 0 unspecified atom stereocenters. The predicted octanol–water partition coefficient (Wildman–Crippen LogP) is 5.21. The van der Waals surface area contributed by atoms with Gasteiger partial charge in [-0.05, 0) is 48.5 Å². The van der Waals surface area contributed by atoms with Gasteiger partial charge in [0.1, 0.15) is 23.0 Å². The quantitative estimate of drug-likeness (QED) is 0.185. The number of nitrogen functional groups attached to an aromatic ring is 1. The Bertz CT molecular complexity index is 1270. The largest absolute Gasteiger partial charge is 0.473 e. The zero-order chi connectivity index (χ0) is 28.1. The van der Waals surface area contributed by atoms with Crippen LogP contribution in [0.3, 0.4) is 0 Å². The van der Waals surface area contributed by atoms with Crippen molar-refractivity contribution in [3.05, 3.63) is 121 Å². The molecule has 208 valence electrons. The van der Waals surface area contributed by atoms with E-state index in [1.807, 2.05) is 121 Å². The van der Waals surface area contributed by atoms with Gasteiger partial charge >= 0.3 is 0 Å². The summed E-state index contributed by atoms with van der Waals surface area (Å²) in [6.45, 7) is 0.392. The Balaban J connectivity index is 1.39. The molecule has 0 saturated carbocycles. The summed E-state index contributed by atoms with van der Waals surface area (Å²) < 4.78 is 24.0. The van der Waals surface area contributed by atoms with E-state index in [1.54, 1.807) is 9.80 Å². The van der Waals surface area contributed by atoms with Gasteiger partial charge in [-0.1, -0.05) is 72.8 Å². The summed E-state index contributed by atoms with van der Waals surface area (Å²) in [5.41, 5.74) is 6.19. The molecular weight excluding hydrogens is 520 g/mol. The topological polar surface area (TPSA) is 108 Å². The molecule has 1 aromatic heterocycles. The minimum Gasteiger partial charge on any atom is -0.473 e. The van der Waals surface area contributed by atoms with E-state index < -0.39 is 0 Å². The minimum absolute atomic E-state index is 0.0267. The third-order valence-electron chi connectivity index (χ3n) is 5.72. The molecule has 0 aliphatic rings. The van der Waals surface area contributed by atoms with E-state index in [1.165, 1.54) is 0 Å². The van der Waals surface area contributed by atoms with Crippen LogP contribution in [0, 0.1) is 0 Å². The summed E-state index contributed by atoms with van der Waals surface area (Å²) in [5.74, 6) is 3.32. The Morgan fingerprint density at radius 1 is 0.415 bits per heavy atom. The van der Waals surface area contributed by atoms with Gasteiger partial charge in [-0.2, -0.15) is 15.0 Å². The van der Waals surface area contributed by atoms with Gasteiger partial charge in [0.25, 0.3) is 0 Å². The van der Waals surface area contributed by atoms with E-state index in [0.717, 1.165) is 0 Å². The fourth-order valence-corrected chi connectivity index (χ4v) is 3.63. The van der Waals surface area contributed by atoms with Crippen molar-refractivity contribution >= 4 is 17.8 Å². The average molecular weight is 551 g/mol. The number of para-hydroxylation sites is 4. The number of nitrogens with two attached hydrogens (primary N) is 1. The normalized spacial score (nSPS) is 10.4. The molecule has 41 heavy (non-hydrogen) atoms. The molecule has 4 aromatic carbocycles. The van der Waals surface area contributed by atoms with Crippen LogP contribution >= 0.6 is 0 Å². The fraction of sp³-hybridized carbons (Fsp3) is 0.129. The first-order chi connectivity index (χ1) is 20.2. The van der Waals surface area contributed by atoms with Gasteiger partial charge < -0.3 is 24.7 Å². The van der Waals surface area contributed by atoms with Crippen molar-refractivity contribution in [1.29, 1.82) is 0 Å². The molecular formula is C31H30N6O4. The molecule has 0 bridgehead atoms. The van der Waals surface area contributed by atoms with Crippen LogP contribution in [0.1, 0.15) is 0 Å². The molecule has 2 N–H and O–H groups in total. The monoisotopic (exact) mass is 550 g/mol. The molecule has 5 rings (SSSR count). The van der Waals surface area contributed by atoms with Gasteiger partial charge in [0.15, 0.2) is 26.9 Å². The highest BCUT2D eigenvalue weighted by molar-refractivity contribution is 5.43. The Morgan fingerprint density at radius 3 is 0.951 bits per heavy atom. The number of aromatic nitrogens is 3. The molecule has 0 aliphatic heterocycles. The van der Waals surface area contributed by atoms with Crippen LogP contribution in [-0.2, 0) is 0 Å². The van der Waals surface area contributed by atoms with Crippen molar-refractivity contribution in [2.24, 2.45) is 0 Å². The van der Waals surface area contributed by atoms with Gasteiger partial charge in [0.05, 0.1) is 0 Å². The molecule has 0 atom stereocenters. The highest BCUT2D eigenvalue weighted by Gasteiger charge is 2.19. The molecule has 10 nitrogen and oxygen atoms in total. The number of rotatable bonds is 14. The van der Waals surface area contributed by atoms with Crippen LogP contribution in [-0.4, -0.2) is 41.9 Å². The second-order valence-electron chi connectivity index (χ2n) is 8.72. The summed E-state index contributed by atoms with van der Waals surface area (Å²) in [5, 5.41) is 0. The van der Waals surface area contributed by atoms with E-state index in [2.05, 4.69) is 9.97 Å². The van der Waals surface area contributed by atoms with Gasteiger partial charge in [0.2, 0.25) is 17.8 Å². The van der Waals surface area contributed by atoms with Crippen LogP contribution in [0.15, 0.2) is 121 Å². The summed E-state index contributed by atoms with van der Waals surface area (Å²) in [6.07, 6.45) is 0. The van der Waals surface area contributed by atoms with Gasteiger partial charge in [0, 0.05) is 0 Å². The number of nitrogens with zero attached hydrogens (tertiary/aromatic N) is 5. The Kier molecular flexibility index (Phi) is 9.27. The predicted molar refractivity (Wildman–Crippen MR) is 157 cm³/mol. The van der Waals surface area contributed by atoms with Crippen molar-refractivity contribution in [2.45, 2.75) is 0 Å². The van der Waals surface area contributed by atoms with Crippen LogP contribution in [0.2, 0.25) is 0 Å². The molecule has 1 heterocycles. The van der Waals surface area contributed by atoms with E-state index in [-0.39, 0.29) is 44.8 Å². The maximum Gasteiger partial charge on any atom is 0.237 e. The number of hydrogen-bond acceptors (Lipinski definition) is 10. The lowest BCUT2D eigenvalue weighted by molar-refractivity contribution is 0.243. The molecule has 0 fully saturated rings. The number of anilines is 3. The first-order valence-corrected chi connectivity index (χ1v) is 13.0. The van der Waals surface area contributed by atoms with Crippen molar-refractivity contribution in [3.8, 4) is 23.0 Å². The summed E-state index contributed by atoms with van der Waals surface area (Å²) in [6, 6.07) is 37.8. The van der Waals surface area contributed by atoms with Crippen molar-refractivity contribution in [2.75, 3.05) is 42.5 Å². The lowest BCUT2D eigenvalue weighted by Crippen LogP contribution is -2.36. The highest BCUT2D eigenvalue weighted by atomic mass is 16.5. The summed E-state index contributed by atoms with van der Waals surface area (Å²) >= 11 is 0. The minimum atomic E-state index is 0.0267. The Morgan fingerprint density at radius 2 is 0.683 bits per heavy atom. The van der Waals surface area contributed by atoms with Crippen LogP contribution in [0.5, 0.6) is 23.0 Å². The van der Waals surface area contributed by atoms with E-state index in [0.29, 0.717) is 23.0 Å². The molecule has 0 spiro atoms. The van der Waals surface area contributed by atoms with Crippen molar-refractivity contribution < 1.29 is 18.9 Å². The average Bonchev–Trinajstić information content (AvgIpc) is 3.03. The summed E-state index contributed by atoms with van der Waals surface area (Å²) in [7, 11) is 0. The molecule has 0 aliphatic carbocycles. The van der Waals surface area contributed by atoms with Crippen molar-refractivity contribution in [3.63, 3.8) is 0 Å². The standard InChI is InChI=1S/C31H30N6O4/c32-29-33-30(36(21-38-25-13-5-1-6-14-25)22-39-26-15-7-2-8-16-26)35-31(34-29)37(23-40-27-17-9-3-10-18-27)24-41-28-19-11-4-12-20-28/h1-20H,21-24H2,(H2,32,33,34,35). The first-order valence-electron chi connectivity index (χ1n) is 13.0. The number of benzene rings is 4. The van der Waals surface area contributed by atoms with E-state index >= 15 is 0 Å². The van der Waals surface area contributed by atoms with Crippen LogP contribution in [0.4, 0.5) is 17.8 Å². The maximum atomic E-state index is 6.19. The zero-order valence-electron chi connectivity index (χ0n) is 22.3. The second kappa shape index (κ2) is 14.0. The highest BCUT2D eigenvalue weighted by Crippen LogP contribution is 2.20. The third-order valence-corrected chi connectivity index (χ3v) is 5.72. The zero-order valence-corrected chi connectivity index (χ0v) is 22.3. The number of ether oxygens (including phenoxy) is 4. The molecule has 5 aromatic rings. The lowest BCUT2D eigenvalue weighted by atomic mass is 10.3. The second-order valence-corrected chi connectivity index (χ2v) is 8.72. The SMILES string of the molecule is Nc1nc(N(COc2ccccc2)COc2ccccc2)nc(N(COc2ccccc2)COc2ccccc2)n1. The number of hydrogen-bond donors (Lipinski definition) is 1. The van der Waals surface area contributed by atoms with E-state index in [4.69, 9.17) is 29.7 Å². The fourth-order valence-electron chi connectivity index (χ4n) is 3.63. The molecule has 10 heteroatoms. The molecule has 0 radical (unpaired) electrons. The van der Waals surface area contributed by atoms with Gasteiger partial charge in [-0.3, -0.25) is 9.80 Å². The smallest absolute Gasteiger partial charge is 0.237 e. The van der Waals surface area contributed by atoms with Crippen LogP contribution in [0.25, 0.3) is 0 Å².